The van der Waals surface area contributed by atoms with Gasteiger partial charge in [0.05, 0.1) is 18.6 Å². The fraction of sp³-hybridized carbons (Fsp3) is 0.571. The van der Waals surface area contributed by atoms with E-state index in [9.17, 15) is 0 Å². The van der Waals surface area contributed by atoms with Crippen molar-refractivity contribution in [2.75, 3.05) is 13.7 Å². The van der Waals surface area contributed by atoms with E-state index in [1.165, 1.54) is 6.42 Å². The zero-order valence-corrected chi connectivity index (χ0v) is 13.1. The molecule has 2 nitrogen and oxygen atoms in total. The fourth-order valence-corrected chi connectivity index (χ4v) is 2.99. The van der Waals surface area contributed by atoms with Gasteiger partial charge in [-0.3, -0.25) is 0 Å². The molecule has 4 heteroatoms. The summed E-state index contributed by atoms with van der Waals surface area (Å²) in [5.41, 5.74) is 2.15. The zero-order valence-electron chi connectivity index (χ0n) is 10.7. The van der Waals surface area contributed by atoms with Crippen LogP contribution in [-0.2, 0) is 4.74 Å². The van der Waals surface area contributed by atoms with Gasteiger partial charge in [0.25, 0.3) is 0 Å². The number of alkyl halides is 1. The smallest absolute Gasteiger partial charge is 0.123 e. The number of methoxy groups -OCH3 is 1. The second-order valence-electron chi connectivity index (χ2n) is 4.65. The molecule has 2 atom stereocenters. The molecule has 2 unspecified atom stereocenters. The summed E-state index contributed by atoms with van der Waals surface area (Å²) < 4.78 is 12.2. The summed E-state index contributed by atoms with van der Waals surface area (Å²) >= 11 is 10.1. The van der Waals surface area contributed by atoms with Crippen LogP contribution in [0, 0.1) is 6.92 Å². The minimum Gasteiger partial charge on any atom is -0.496 e. The van der Waals surface area contributed by atoms with Crippen LogP contribution >= 0.6 is 27.5 Å². The summed E-state index contributed by atoms with van der Waals surface area (Å²) in [6.45, 7) is 2.85. The van der Waals surface area contributed by atoms with E-state index < -0.39 is 0 Å². The summed E-state index contributed by atoms with van der Waals surface area (Å²) in [6, 6.07) is 4.06. The Balaban J connectivity index is 2.27. The van der Waals surface area contributed by atoms with Crippen LogP contribution in [0.3, 0.4) is 0 Å². The van der Waals surface area contributed by atoms with Gasteiger partial charge in [-0.05, 0) is 43.9 Å². The molecule has 1 aliphatic rings. The zero-order chi connectivity index (χ0) is 13.1. The van der Waals surface area contributed by atoms with Crippen molar-refractivity contribution in [2.45, 2.75) is 37.7 Å². The first-order chi connectivity index (χ1) is 8.63. The van der Waals surface area contributed by atoms with Crippen molar-refractivity contribution >= 4 is 27.5 Å². The van der Waals surface area contributed by atoms with Crippen LogP contribution in [0.1, 0.15) is 35.8 Å². The molecule has 1 aromatic carbocycles. The normalized spacial score (nSPS) is 21.7. The molecule has 1 aromatic rings. The topological polar surface area (TPSA) is 18.5 Å². The Bertz CT molecular complexity index is 417. The van der Waals surface area contributed by atoms with Crippen LogP contribution in [0.15, 0.2) is 16.6 Å². The maximum atomic E-state index is 6.57. The number of halogens is 2. The molecule has 0 saturated carbocycles. The molecule has 0 N–H and O–H groups in total. The van der Waals surface area contributed by atoms with Crippen molar-refractivity contribution in [1.29, 1.82) is 0 Å². The van der Waals surface area contributed by atoms with Gasteiger partial charge in [-0.1, -0.05) is 15.9 Å². The maximum absolute atomic E-state index is 6.57. The summed E-state index contributed by atoms with van der Waals surface area (Å²) in [4.78, 5) is 0. The standard InChI is InChI=1S/C14H18BrClO2/c1-9-7-13(17-2)10(8-11(9)15)14(16)12-5-3-4-6-18-12/h7-8,12,14H,3-6H2,1-2H3. The maximum Gasteiger partial charge on any atom is 0.123 e. The lowest BCUT2D eigenvalue weighted by molar-refractivity contribution is 0.0132. The van der Waals surface area contributed by atoms with E-state index in [-0.39, 0.29) is 11.5 Å². The van der Waals surface area contributed by atoms with Gasteiger partial charge < -0.3 is 9.47 Å². The van der Waals surface area contributed by atoms with E-state index in [1.807, 2.05) is 19.1 Å². The third-order valence-electron chi connectivity index (χ3n) is 3.35. The lowest BCUT2D eigenvalue weighted by atomic mass is 9.99. The van der Waals surface area contributed by atoms with Gasteiger partial charge in [-0.2, -0.15) is 0 Å². The van der Waals surface area contributed by atoms with E-state index in [0.717, 1.165) is 40.8 Å². The van der Waals surface area contributed by atoms with Crippen molar-refractivity contribution in [2.24, 2.45) is 0 Å². The SMILES string of the molecule is COc1cc(C)c(Br)cc1C(Cl)C1CCCCO1. The minimum atomic E-state index is -0.155. The molecule has 0 aliphatic carbocycles. The molecule has 0 amide bonds. The molecule has 1 heterocycles. The first-order valence-corrected chi connectivity index (χ1v) is 7.46. The Morgan fingerprint density at radius 3 is 2.83 bits per heavy atom. The summed E-state index contributed by atoms with van der Waals surface area (Å²) in [5, 5.41) is -0.155. The molecule has 18 heavy (non-hydrogen) atoms. The van der Waals surface area contributed by atoms with Gasteiger partial charge in [-0.15, -0.1) is 11.6 Å². The molecule has 1 saturated heterocycles. The molecular weight excluding hydrogens is 316 g/mol. The summed E-state index contributed by atoms with van der Waals surface area (Å²) in [6.07, 6.45) is 3.42. The highest BCUT2D eigenvalue weighted by Crippen LogP contribution is 2.39. The summed E-state index contributed by atoms with van der Waals surface area (Å²) in [5.74, 6) is 0.838. The highest BCUT2D eigenvalue weighted by atomic mass is 79.9. The van der Waals surface area contributed by atoms with Gasteiger partial charge in [-0.25, -0.2) is 0 Å². The number of aryl methyl sites for hydroxylation is 1. The Morgan fingerprint density at radius 1 is 1.44 bits per heavy atom. The molecular formula is C14H18BrClO2. The lowest BCUT2D eigenvalue weighted by Gasteiger charge is -2.28. The van der Waals surface area contributed by atoms with Crippen LogP contribution in [0.4, 0.5) is 0 Å². The highest BCUT2D eigenvalue weighted by molar-refractivity contribution is 9.10. The fourth-order valence-electron chi connectivity index (χ4n) is 2.26. The van der Waals surface area contributed by atoms with Gasteiger partial charge in [0.1, 0.15) is 5.75 Å². The summed E-state index contributed by atoms with van der Waals surface area (Å²) in [7, 11) is 1.68. The van der Waals surface area contributed by atoms with Crippen LogP contribution in [0.2, 0.25) is 0 Å². The predicted molar refractivity (Wildman–Crippen MR) is 77.6 cm³/mol. The van der Waals surface area contributed by atoms with E-state index >= 15 is 0 Å². The van der Waals surface area contributed by atoms with Crippen molar-refractivity contribution < 1.29 is 9.47 Å². The van der Waals surface area contributed by atoms with Crippen LogP contribution < -0.4 is 4.74 Å². The first-order valence-electron chi connectivity index (χ1n) is 6.23. The molecule has 100 valence electrons. The Hall–Kier alpha value is -0.250. The number of hydrogen-bond acceptors (Lipinski definition) is 2. The lowest BCUT2D eigenvalue weighted by Crippen LogP contribution is -2.24. The van der Waals surface area contributed by atoms with Crippen LogP contribution in [0.5, 0.6) is 5.75 Å². The number of rotatable bonds is 3. The molecule has 0 radical (unpaired) electrons. The molecule has 1 aliphatic heterocycles. The Labute approximate surface area is 122 Å². The molecule has 1 fully saturated rings. The minimum absolute atomic E-state index is 0.0870. The quantitative estimate of drug-likeness (QED) is 0.752. The average molecular weight is 334 g/mol. The number of hydrogen-bond donors (Lipinski definition) is 0. The van der Waals surface area contributed by atoms with E-state index in [4.69, 9.17) is 21.1 Å². The van der Waals surface area contributed by atoms with Crippen molar-refractivity contribution in [3.8, 4) is 5.75 Å². The van der Waals surface area contributed by atoms with Crippen molar-refractivity contribution in [1.82, 2.24) is 0 Å². The Kier molecular flexibility index (Phi) is 4.93. The average Bonchev–Trinajstić information content (AvgIpc) is 2.41. The molecule has 0 spiro atoms. The number of ether oxygens (including phenoxy) is 2. The molecule has 0 bridgehead atoms. The Morgan fingerprint density at radius 2 is 2.22 bits per heavy atom. The van der Waals surface area contributed by atoms with Crippen LogP contribution in [0.25, 0.3) is 0 Å². The van der Waals surface area contributed by atoms with E-state index in [2.05, 4.69) is 15.9 Å². The van der Waals surface area contributed by atoms with Gasteiger partial charge >= 0.3 is 0 Å². The number of benzene rings is 1. The van der Waals surface area contributed by atoms with E-state index in [0.29, 0.717) is 0 Å². The second kappa shape index (κ2) is 6.27. The van der Waals surface area contributed by atoms with Crippen molar-refractivity contribution in [3.05, 3.63) is 27.7 Å². The predicted octanol–water partition coefficient (Wildman–Crippen LogP) is 4.62. The third-order valence-corrected chi connectivity index (χ3v) is 4.72. The first kappa shape index (κ1) is 14.2. The molecule has 0 aromatic heterocycles. The monoisotopic (exact) mass is 332 g/mol. The van der Waals surface area contributed by atoms with Gasteiger partial charge in [0.15, 0.2) is 0 Å². The van der Waals surface area contributed by atoms with E-state index in [1.54, 1.807) is 7.11 Å². The van der Waals surface area contributed by atoms with Crippen molar-refractivity contribution in [3.63, 3.8) is 0 Å². The van der Waals surface area contributed by atoms with Gasteiger partial charge in [0, 0.05) is 16.6 Å². The second-order valence-corrected chi connectivity index (χ2v) is 5.97. The van der Waals surface area contributed by atoms with Gasteiger partial charge in [0.2, 0.25) is 0 Å². The van der Waals surface area contributed by atoms with Crippen LogP contribution in [-0.4, -0.2) is 19.8 Å². The largest absolute Gasteiger partial charge is 0.496 e. The third kappa shape index (κ3) is 3.01. The highest BCUT2D eigenvalue weighted by Gasteiger charge is 2.27. The molecule has 2 rings (SSSR count).